The molecule has 11 heavy (non-hydrogen) atoms. The minimum absolute atomic E-state index is 0.495. The Morgan fingerprint density at radius 2 is 1.55 bits per heavy atom. The average Bonchev–Trinajstić information content (AvgIpc) is 1.56. The lowest BCUT2D eigenvalue weighted by Crippen LogP contribution is -2.49. The van der Waals surface area contributed by atoms with Crippen molar-refractivity contribution in [2.24, 2.45) is 11.5 Å². The van der Waals surface area contributed by atoms with Gasteiger partial charge in [-0.1, -0.05) is 0 Å². The zero-order chi connectivity index (χ0) is 9.28. The maximum absolute atomic E-state index is 11.1. The predicted molar refractivity (Wildman–Crippen MR) is 42.6 cm³/mol. The number of esters is 1. The average molecular weight is 160 g/mol. The van der Waals surface area contributed by atoms with Crippen LogP contribution < -0.4 is 11.5 Å². The van der Waals surface area contributed by atoms with Crippen molar-refractivity contribution in [3.05, 3.63) is 0 Å². The zero-order valence-electron chi connectivity index (χ0n) is 7.47. The van der Waals surface area contributed by atoms with E-state index >= 15 is 0 Å². The molecule has 4 N–H and O–H groups in total. The molecule has 0 aliphatic heterocycles. The van der Waals surface area contributed by atoms with Gasteiger partial charge in [-0.15, -0.1) is 0 Å². The van der Waals surface area contributed by atoms with Crippen molar-refractivity contribution in [2.45, 2.75) is 39.0 Å². The van der Waals surface area contributed by atoms with Gasteiger partial charge in [0.05, 0.1) is 0 Å². The molecule has 66 valence electrons. The molecule has 0 aromatic carbocycles. The molecule has 0 amide bonds. The molecule has 0 aliphatic rings. The van der Waals surface area contributed by atoms with Crippen LogP contribution >= 0.6 is 0 Å². The van der Waals surface area contributed by atoms with Gasteiger partial charge in [0.15, 0.2) is 5.72 Å². The largest absolute Gasteiger partial charge is 0.443 e. The molecule has 0 aromatic heterocycles. The van der Waals surface area contributed by atoms with Gasteiger partial charge < -0.3 is 10.5 Å². The van der Waals surface area contributed by atoms with E-state index in [-0.39, 0.29) is 0 Å². The van der Waals surface area contributed by atoms with Gasteiger partial charge >= 0.3 is 5.97 Å². The first kappa shape index (κ1) is 10.4. The minimum Gasteiger partial charge on any atom is -0.443 e. The summed E-state index contributed by atoms with van der Waals surface area (Å²) in [6.07, 6.45) is 0. The van der Waals surface area contributed by atoms with Gasteiger partial charge in [-0.05, 0) is 27.7 Å². The summed E-state index contributed by atoms with van der Waals surface area (Å²) in [5.41, 5.74) is 8.96. The van der Waals surface area contributed by atoms with Crippen LogP contribution in [0.4, 0.5) is 0 Å². The maximum Gasteiger partial charge on any atom is 0.327 e. The predicted octanol–water partition coefficient (Wildman–Crippen LogP) is -0.0383. The van der Waals surface area contributed by atoms with E-state index in [1.165, 1.54) is 0 Å². The molecule has 0 rings (SSSR count). The molecular formula is C7H16N2O2. The molecule has 0 fully saturated rings. The van der Waals surface area contributed by atoms with E-state index in [2.05, 4.69) is 0 Å². The van der Waals surface area contributed by atoms with Gasteiger partial charge in [-0.2, -0.15) is 0 Å². The first-order valence-electron chi connectivity index (χ1n) is 3.44. The fraction of sp³-hybridized carbons (Fsp3) is 0.857. The Hall–Kier alpha value is -0.610. The number of ether oxygens (including phenoxy) is 1. The number of hydrogen-bond donors (Lipinski definition) is 2. The lowest BCUT2D eigenvalue weighted by atomic mass is 10.1. The van der Waals surface area contributed by atoms with Crippen LogP contribution in [0.25, 0.3) is 0 Å². The molecule has 0 radical (unpaired) electrons. The molecule has 4 nitrogen and oxygen atoms in total. The van der Waals surface area contributed by atoms with E-state index in [9.17, 15) is 4.79 Å². The highest BCUT2D eigenvalue weighted by atomic mass is 16.6. The van der Waals surface area contributed by atoms with Crippen LogP contribution in [-0.4, -0.2) is 17.2 Å². The van der Waals surface area contributed by atoms with E-state index in [1.807, 2.05) is 0 Å². The van der Waals surface area contributed by atoms with Gasteiger partial charge in [0.2, 0.25) is 0 Å². The van der Waals surface area contributed by atoms with Crippen molar-refractivity contribution in [1.82, 2.24) is 0 Å². The van der Waals surface area contributed by atoms with Crippen LogP contribution in [0.3, 0.4) is 0 Å². The summed E-state index contributed by atoms with van der Waals surface area (Å²) >= 11 is 0. The van der Waals surface area contributed by atoms with E-state index in [4.69, 9.17) is 16.2 Å². The summed E-state index contributed by atoms with van der Waals surface area (Å²) in [6, 6.07) is 0. The fourth-order valence-electron chi connectivity index (χ4n) is 0.370. The summed E-state index contributed by atoms with van der Waals surface area (Å²) < 4.78 is 4.82. The van der Waals surface area contributed by atoms with Crippen LogP contribution in [0.2, 0.25) is 0 Å². The third kappa shape index (κ3) is 4.75. The first-order chi connectivity index (χ1) is 4.63. The monoisotopic (exact) mass is 160 g/mol. The lowest BCUT2D eigenvalue weighted by molar-refractivity contribution is -0.161. The molecular weight excluding hydrogens is 144 g/mol. The summed E-state index contributed by atoms with van der Waals surface area (Å²) in [5.74, 6) is -0.495. The molecule has 0 spiro atoms. The Morgan fingerprint density at radius 1 is 1.18 bits per heavy atom. The van der Waals surface area contributed by atoms with Crippen molar-refractivity contribution >= 4 is 5.97 Å². The number of carbonyl (C=O) groups excluding carboxylic acids is 1. The molecule has 0 atom stereocenters. The third-order valence-corrected chi connectivity index (χ3v) is 0.882. The van der Waals surface area contributed by atoms with Crippen molar-refractivity contribution in [1.29, 1.82) is 0 Å². The number of hydrogen-bond acceptors (Lipinski definition) is 4. The highest BCUT2D eigenvalue weighted by molar-refractivity contribution is 5.79. The van der Waals surface area contributed by atoms with Gasteiger partial charge in [0.25, 0.3) is 0 Å². The lowest BCUT2D eigenvalue weighted by Gasteiger charge is -2.25. The molecule has 0 saturated carbocycles. The second kappa shape index (κ2) is 2.79. The third-order valence-electron chi connectivity index (χ3n) is 0.882. The summed E-state index contributed by atoms with van der Waals surface area (Å²) in [6.45, 7) is 6.33. The number of carbonyl (C=O) groups is 1. The number of rotatable bonds is 2. The molecule has 0 bridgehead atoms. The topological polar surface area (TPSA) is 78.3 Å². The summed E-state index contributed by atoms with van der Waals surface area (Å²) in [7, 11) is 0. The van der Waals surface area contributed by atoms with Crippen LogP contribution in [0.5, 0.6) is 0 Å². The van der Waals surface area contributed by atoms with Crippen LogP contribution in [0.15, 0.2) is 0 Å². The molecule has 0 heterocycles. The van der Waals surface area contributed by atoms with E-state index in [1.54, 1.807) is 27.7 Å². The fourth-order valence-corrected chi connectivity index (χ4v) is 0.370. The molecule has 4 heteroatoms. The van der Waals surface area contributed by atoms with E-state index < -0.39 is 17.2 Å². The first-order valence-corrected chi connectivity index (χ1v) is 3.44. The highest BCUT2D eigenvalue weighted by Gasteiger charge is 2.28. The Morgan fingerprint density at radius 3 is 1.64 bits per heavy atom. The molecule has 0 saturated heterocycles. The molecule has 0 aliphatic carbocycles. The SMILES string of the molecule is CC(C)(N)OC(=O)C(C)(C)N. The van der Waals surface area contributed by atoms with E-state index in [0.717, 1.165) is 0 Å². The Balaban J connectivity index is 4.11. The minimum atomic E-state index is -0.976. The van der Waals surface area contributed by atoms with Crippen molar-refractivity contribution in [3.8, 4) is 0 Å². The Labute approximate surface area is 66.9 Å². The van der Waals surface area contributed by atoms with E-state index in [0.29, 0.717) is 0 Å². The second-order valence-electron chi connectivity index (χ2n) is 3.71. The smallest absolute Gasteiger partial charge is 0.327 e. The van der Waals surface area contributed by atoms with Gasteiger partial charge in [-0.3, -0.25) is 10.5 Å². The standard InChI is InChI=1S/C7H16N2O2/c1-6(2,8)5(10)11-7(3,4)9/h8-9H2,1-4H3. The highest BCUT2D eigenvalue weighted by Crippen LogP contribution is 2.06. The Kier molecular flexibility index (Phi) is 2.64. The number of nitrogens with two attached hydrogens (primary N) is 2. The van der Waals surface area contributed by atoms with Crippen molar-refractivity contribution in [2.75, 3.05) is 0 Å². The second-order valence-corrected chi connectivity index (χ2v) is 3.71. The Bertz CT molecular complexity index is 153. The maximum atomic E-state index is 11.1. The van der Waals surface area contributed by atoms with Crippen molar-refractivity contribution in [3.63, 3.8) is 0 Å². The summed E-state index contributed by atoms with van der Waals surface area (Å²) in [5, 5.41) is 0. The molecule has 0 aromatic rings. The van der Waals surface area contributed by atoms with Crippen molar-refractivity contribution < 1.29 is 9.53 Å². The van der Waals surface area contributed by atoms with Gasteiger partial charge in [-0.25, -0.2) is 0 Å². The zero-order valence-corrected chi connectivity index (χ0v) is 7.47. The molecule has 0 unspecified atom stereocenters. The van der Waals surface area contributed by atoms with Crippen LogP contribution in [0, 0.1) is 0 Å². The van der Waals surface area contributed by atoms with Gasteiger partial charge in [0, 0.05) is 0 Å². The van der Waals surface area contributed by atoms with Crippen LogP contribution in [-0.2, 0) is 9.53 Å². The van der Waals surface area contributed by atoms with Gasteiger partial charge in [0.1, 0.15) is 5.54 Å². The summed E-state index contributed by atoms with van der Waals surface area (Å²) in [4.78, 5) is 11.1. The quantitative estimate of drug-likeness (QED) is 0.439. The normalized spacial score (nSPS) is 12.9. The van der Waals surface area contributed by atoms with Crippen LogP contribution in [0.1, 0.15) is 27.7 Å².